The van der Waals surface area contributed by atoms with E-state index in [4.69, 9.17) is 5.73 Å². The van der Waals surface area contributed by atoms with Gasteiger partial charge in [0.2, 0.25) is 7.37 Å². The molecular weight excluding hydrogens is 350 g/mol. The first-order valence-electron chi connectivity index (χ1n) is 8.17. The van der Waals surface area contributed by atoms with Crippen LogP contribution in [0.4, 0.5) is 4.39 Å². The molecule has 1 saturated heterocycles. The fourth-order valence-corrected chi connectivity index (χ4v) is 5.44. The number of carboxylic acid groups (broad SMARTS) is 1. The van der Waals surface area contributed by atoms with Gasteiger partial charge in [-0.25, -0.2) is 4.39 Å². The maximum Gasteiger partial charge on any atom is 0.320 e. The highest BCUT2D eigenvalue weighted by Gasteiger charge is 2.56. The SMILES string of the molecule is NCCCCC1(C(=O)O)CN(Cc2ccc(O)cc2F)CCP1(=O)O. The Hall–Kier alpha value is -1.47. The molecule has 1 aromatic rings. The lowest BCUT2D eigenvalue weighted by atomic mass is 9.99. The molecule has 2 rings (SSSR count). The van der Waals surface area contributed by atoms with E-state index >= 15 is 0 Å². The molecule has 9 heteroatoms. The third-order valence-electron chi connectivity index (χ3n) is 4.75. The molecule has 7 nitrogen and oxygen atoms in total. The summed E-state index contributed by atoms with van der Waals surface area (Å²) in [5.74, 6) is -2.09. The minimum absolute atomic E-state index is 0.0574. The van der Waals surface area contributed by atoms with E-state index in [1.165, 1.54) is 12.1 Å². The average Bonchev–Trinajstić information content (AvgIpc) is 2.53. The quantitative estimate of drug-likeness (QED) is 0.422. The van der Waals surface area contributed by atoms with Gasteiger partial charge in [0, 0.05) is 37.4 Å². The van der Waals surface area contributed by atoms with Crippen molar-refractivity contribution in [2.45, 2.75) is 31.0 Å². The minimum Gasteiger partial charge on any atom is -0.508 e. The lowest BCUT2D eigenvalue weighted by molar-refractivity contribution is -0.141. The summed E-state index contributed by atoms with van der Waals surface area (Å²) in [4.78, 5) is 23.9. The van der Waals surface area contributed by atoms with Crippen LogP contribution in [0.2, 0.25) is 0 Å². The van der Waals surface area contributed by atoms with Crippen LogP contribution in [0.15, 0.2) is 18.2 Å². The highest BCUT2D eigenvalue weighted by Crippen LogP contribution is 2.59. The Bertz CT molecular complexity index is 686. The van der Waals surface area contributed by atoms with Gasteiger partial charge in [-0.3, -0.25) is 14.3 Å². The van der Waals surface area contributed by atoms with E-state index in [0.29, 0.717) is 24.9 Å². The van der Waals surface area contributed by atoms with Gasteiger partial charge in [-0.15, -0.1) is 0 Å². The maximum atomic E-state index is 13.9. The van der Waals surface area contributed by atoms with Crippen molar-refractivity contribution in [1.82, 2.24) is 4.90 Å². The summed E-state index contributed by atoms with van der Waals surface area (Å²) in [6.45, 7) is 0.576. The molecule has 1 fully saturated rings. The van der Waals surface area contributed by atoms with Gasteiger partial charge < -0.3 is 20.8 Å². The molecule has 0 aliphatic carbocycles. The lowest BCUT2D eigenvalue weighted by Crippen LogP contribution is -2.54. The number of hydrogen-bond acceptors (Lipinski definition) is 5. The summed E-state index contributed by atoms with van der Waals surface area (Å²) in [5, 5.41) is 17.2. The van der Waals surface area contributed by atoms with Crippen LogP contribution in [0.25, 0.3) is 0 Å². The van der Waals surface area contributed by atoms with Crippen molar-refractivity contribution in [1.29, 1.82) is 0 Å². The van der Waals surface area contributed by atoms with Crippen molar-refractivity contribution in [3.63, 3.8) is 0 Å². The fourth-order valence-electron chi connectivity index (χ4n) is 3.23. The molecule has 0 amide bonds. The van der Waals surface area contributed by atoms with Crippen LogP contribution in [0.3, 0.4) is 0 Å². The number of nitrogens with zero attached hydrogens (tertiary/aromatic N) is 1. The number of nitrogens with two attached hydrogens (primary N) is 1. The highest BCUT2D eigenvalue weighted by molar-refractivity contribution is 7.61. The molecule has 1 aromatic carbocycles. The number of phenolic OH excluding ortho intramolecular Hbond substituents is 1. The Morgan fingerprint density at radius 3 is 2.72 bits per heavy atom. The largest absolute Gasteiger partial charge is 0.508 e. The summed E-state index contributed by atoms with van der Waals surface area (Å²) >= 11 is 0. The Kier molecular flexibility index (Phi) is 6.21. The molecule has 2 unspecified atom stereocenters. The third-order valence-corrected chi connectivity index (χ3v) is 7.45. The second-order valence-electron chi connectivity index (χ2n) is 6.49. The maximum absolute atomic E-state index is 13.9. The van der Waals surface area contributed by atoms with E-state index in [1.807, 2.05) is 0 Å². The van der Waals surface area contributed by atoms with Crippen LogP contribution in [-0.4, -0.2) is 56.9 Å². The number of phenols is 1. The van der Waals surface area contributed by atoms with Crippen molar-refractivity contribution in [3.8, 4) is 5.75 Å². The van der Waals surface area contributed by atoms with Crippen molar-refractivity contribution < 1.29 is 28.9 Å². The molecule has 5 N–H and O–H groups in total. The number of halogens is 1. The van der Waals surface area contributed by atoms with Gasteiger partial charge in [0.05, 0.1) is 0 Å². The number of aliphatic carboxylic acids is 1. The van der Waals surface area contributed by atoms with E-state index in [-0.39, 0.29) is 38.0 Å². The van der Waals surface area contributed by atoms with Gasteiger partial charge in [0.15, 0.2) is 5.16 Å². The monoisotopic (exact) mass is 374 g/mol. The Balaban J connectivity index is 2.23. The van der Waals surface area contributed by atoms with Crippen LogP contribution in [0.1, 0.15) is 24.8 Å². The van der Waals surface area contributed by atoms with Gasteiger partial charge in [-0.05, 0) is 25.5 Å². The zero-order valence-corrected chi connectivity index (χ0v) is 14.8. The average molecular weight is 374 g/mol. The van der Waals surface area contributed by atoms with E-state index in [2.05, 4.69) is 0 Å². The predicted molar refractivity (Wildman–Crippen MR) is 91.3 cm³/mol. The van der Waals surface area contributed by atoms with E-state index in [9.17, 15) is 28.9 Å². The molecule has 0 bridgehead atoms. The fraction of sp³-hybridized carbons (Fsp3) is 0.562. The zero-order valence-electron chi connectivity index (χ0n) is 13.9. The molecule has 0 aromatic heterocycles. The van der Waals surface area contributed by atoms with Crippen molar-refractivity contribution >= 4 is 13.3 Å². The first-order chi connectivity index (χ1) is 11.7. The van der Waals surface area contributed by atoms with Crippen molar-refractivity contribution in [2.24, 2.45) is 5.73 Å². The molecule has 1 aliphatic rings. The molecule has 2 atom stereocenters. The normalized spacial score (nSPS) is 27.3. The zero-order chi connectivity index (χ0) is 18.7. The Morgan fingerprint density at radius 2 is 2.12 bits per heavy atom. The van der Waals surface area contributed by atoms with E-state index in [0.717, 1.165) is 6.07 Å². The molecule has 140 valence electrons. The van der Waals surface area contributed by atoms with Gasteiger partial charge in [-0.2, -0.15) is 0 Å². The van der Waals surface area contributed by atoms with Crippen LogP contribution in [0.5, 0.6) is 5.75 Å². The molecule has 0 radical (unpaired) electrons. The van der Waals surface area contributed by atoms with Crippen LogP contribution in [-0.2, 0) is 15.9 Å². The number of unbranched alkanes of at least 4 members (excludes halogenated alkanes) is 1. The van der Waals surface area contributed by atoms with Crippen molar-refractivity contribution in [3.05, 3.63) is 29.6 Å². The van der Waals surface area contributed by atoms with Gasteiger partial charge >= 0.3 is 5.97 Å². The number of carbonyl (C=O) groups is 1. The Morgan fingerprint density at radius 1 is 1.40 bits per heavy atom. The van der Waals surface area contributed by atoms with Crippen LogP contribution >= 0.6 is 7.37 Å². The summed E-state index contributed by atoms with van der Waals surface area (Å²) in [6, 6.07) is 3.77. The summed E-state index contributed by atoms with van der Waals surface area (Å²) in [5.41, 5.74) is 5.74. The molecule has 1 aliphatic heterocycles. The molecule has 25 heavy (non-hydrogen) atoms. The van der Waals surface area contributed by atoms with Crippen LogP contribution in [0, 0.1) is 5.82 Å². The van der Waals surface area contributed by atoms with Gasteiger partial charge in [-0.1, -0.05) is 12.5 Å². The second kappa shape index (κ2) is 7.83. The molecule has 1 heterocycles. The number of carboxylic acids is 1. The minimum atomic E-state index is -3.90. The van der Waals surface area contributed by atoms with Crippen LogP contribution < -0.4 is 5.73 Å². The number of hydrogen-bond donors (Lipinski definition) is 4. The highest BCUT2D eigenvalue weighted by atomic mass is 31.2. The van der Waals surface area contributed by atoms with Crippen molar-refractivity contribution in [2.75, 3.05) is 25.8 Å². The lowest BCUT2D eigenvalue weighted by Gasteiger charge is -2.43. The summed E-state index contributed by atoms with van der Waals surface area (Å²) < 4.78 is 26.6. The second-order valence-corrected chi connectivity index (χ2v) is 9.20. The summed E-state index contributed by atoms with van der Waals surface area (Å²) in [6.07, 6.45) is 0.917. The first kappa shape index (κ1) is 19.8. The molecular formula is C16H24FN2O5P. The smallest absolute Gasteiger partial charge is 0.320 e. The van der Waals surface area contributed by atoms with E-state index < -0.39 is 24.3 Å². The molecule has 0 spiro atoms. The van der Waals surface area contributed by atoms with E-state index in [1.54, 1.807) is 4.90 Å². The van der Waals surface area contributed by atoms with Gasteiger partial charge in [0.1, 0.15) is 11.6 Å². The summed E-state index contributed by atoms with van der Waals surface area (Å²) in [7, 11) is -3.90. The first-order valence-corrected chi connectivity index (χ1v) is 10.0. The molecule has 0 saturated carbocycles. The van der Waals surface area contributed by atoms with Gasteiger partial charge in [0.25, 0.3) is 0 Å². The number of aromatic hydroxyl groups is 1. The predicted octanol–water partition coefficient (Wildman–Crippen LogP) is 1.57. The number of benzene rings is 1. The Labute approximate surface area is 145 Å². The standard InChI is InChI=1S/C16H24FN2O5P/c17-14-9-13(20)4-3-12(14)10-19-7-8-25(23,24)16(11-19,15(21)22)5-1-2-6-18/h3-4,9,20H,1-2,5-8,10-11,18H2,(H,21,22)(H,23,24). The number of rotatable bonds is 7. The third kappa shape index (κ3) is 4.20. The topological polar surface area (TPSA) is 124 Å².